The average molecular weight is 266 g/mol. The van der Waals surface area contributed by atoms with Gasteiger partial charge >= 0.3 is 6.03 Å². The smallest absolute Gasteiger partial charge is 0.317 e. The van der Waals surface area contributed by atoms with E-state index >= 15 is 0 Å². The Morgan fingerprint density at radius 2 is 1.95 bits per heavy atom. The molecular weight excluding hydrogens is 247 g/mol. The zero-order valence-electron chi connectivity index (χ0n) is 10.8. The molecule has 0 spiro atoms. The molecule has 4 nitrogen and oxygen atoms in total. The number of hydrogen-bond donors (Lipinski definition) is 2. The fraction of sp³-hybridized carbons (Fsp3) is 0.500. The summed E-state index contributed by atoms with van der Waals surface area (Å²) >= 11 is 0. The normalized spacial score (nSPS) is 16.4. The number of piperidine rings is 1. The van der Waals surface area contributed by atoms with E-state index in [1.807, 2.05) is 0 Å². The fourth-order valence-corrected chi connectivity index (χ4v) is 2.21. The number of hydrogen-bond acceptors (Lipinski definition) is 2. The molecule has 0 aromatic heterocycles. The highest BCUT2D eigenvalue weighted by Gasteiger charge is 2.21. The lowest BCUT2D eigenvalue weighted by Crippen LogP contribution is -2.44. The van der Waals surface area contributed by atoms with Gasteiger partial charge in [-0.2, -0.15) is 0 Å². The minimum Gasteiger partial charge on any atom is -0.396 e. The highest BCUT2D eigenvalue weighted by molar-refractivity contribution is 5.74. The SMILES string of the molecule is O=C(NCc1ccc(F)cc1)N1CCC(CO)CC1. The highest BCUT2D eigenvalue weighted by atomic mass is 19.1. The first-order chi connectivity index (χ1) is 9.19. The number of nitrogens with zero attached hydrogens (tertiary/aromatic N) is 1. The van der Waals surface area contributed by atoms with Crippen molar-refractivity contribution in [3.63, 3.8) is 0 Å². The molecule has 2 amide bonds. The average Bonchev–Trinajstić information content (AvgIpc) is 2.46. The molecule has 0 saturated carbocycles. The Hall–Kier alpha value is -1.62. The van der Waals surface area contributed by atoms with Crippen molar-refractivity contribution in [3.05, 3.63) is 35.6 Å². The van der Waals surface area contributed by atoms with E-state index < -0.39 is 0 Å². The molecule has 1 heterocycles. The summed E-state index contributed by atoms with van der Waals surface area (Å²) < 4.78 is 12.7. The van der Waals surface area contributed by atoms with Gasteiger partial charge in [0.15, 0.2) is 0 Å². The van der Waals surface area contributed by atoms with Crippen molar-refractivity contribution < 1.29 is 14.3 Å². The molecule has 2 rings (SSSR count). The van der Waals surface area contributed by atoms with E-state index in [1.165, 1.54) is 12.1 Å². The number of aliphatic hydroxyl groups excluding tert-OH is 1. The van der Waals surface area contributed by atoms with Crippen LogP contribution in [0.15, 0.2) is 24.3 Å². The quantitative estimate of drug-likeness (QED) is 0.875. The predicted molar refractivity (Wildman–Crippen MR) is 70.0 cm³/mol. The van der Waals surface area contributed by atoms with Crippen LogP contribution in [-0.4, -0.2) is 35.7 Å². The van der Waals surface area contributed by atoms with Gasteiger partial charge in [0.2, 0.25) is 0 Å². The molecule has 1 fully saturated rings. The number of aliphatic hydroxyl groups is 1. The first-order valence-electron chi connectivity index (χ1n) is 6.57. The van der Waals surface area contributed by atoms with Crippen molar-refractivity contribution in [1.29, 1.82) is 0 Å². The van der Waals surface area contributed by atoms with Crippen molar-refractivity contribution in [2.75, 3.05) is 19.7 Å². The van der Waals surface area contributed by atoms with E-state index in [1.54, 1.807) is 17.0 Å². The van der Waals surface area contributed by atoms with Gasteiger partial charge in [-0.15, -0.1) is 0 Å². The molecule has 2 N–H and O–H groups in total. The third kappa shape index (κ3) is 3.92. The fourth-order valence-electron chi connectivity index (χ4n) is 2.21. The Bertz CT molecular complexity index is 414. The number of rotatable bonds is 3. The van der Waals surface area contributed by atoms with E-state index in [4.69, 9.17) is 5.11 Å². The predicted octanol–water partition coefficient (Wildman–Crippen LogP) is 1.74. The molecule has 1 aliphatic rings. The standard InChI is InChI=1S/C14H19FN2O2/c15-13-3-1-11(2-4-13)9-16-14(19)17-7-5-12(10-18)6-8-17/h1-4,12,18H,5-10H2,(H,16,19). The van der Waals surface area contributed by atoms with Crippen LogP contribution in [0.3, 0.4) is 0 Å². The summed E-state index contributed by atoms with van der Waals surface area (Å²) in [6.07, 6.45) is 1.70. The van der Waals surface area contributed by atoms with Gasteiger partial charge in [0.1, 0.15) is 5.82 Å². The zero-order chi connectivity index (χ0) is 13.7. The molecule has 1 saturated heterocycles. The number of benzene rings is 1. The minimum atomic E-state index is -0.277. The second-order valence-electron chi connectivity index (χ2n) is 4.90. The number of carbonyl (C=O) groups excluding carboxylic acids is 1. The Labute approximate surface area is 112 Å². The Morgan fingerprint density at radius 1 is 1.32 bits per heavy atom. The molecule has 0 aliphatic carbocycles. The molecule has 1 aliphatic heterocycles. The van der Waals surface area contributed by atoms with Gasteiger partial charge in [-0.1, -0.05) is 12.1 Å². The second kappa shape index (κ2) is 6.52. The number of carbonyl (C=O) groups is 1. The first-order valence-corrected chi connectivity index (χ1v) is 6.57. The summed E-state index contributed by atoms with van der Waals surface area (Å²) in [4.78, 5) is 13.7. The first kappa shape index (κ1) is 13.8. The van der Waals surface area contributed by atoms with Crippen LogP contribution in [-0.2, 0) is 6.54 Å². The third-order valence-electron chi connectivity index (χ3n) is 3.52. The van der Waals surface area contributed by atoms with Crippen LogP contribution in [0.25, 0.3) is 0 Å². The van der Waals surface area contributed by atoms with Crippen LogP contribution in [0.4, 0.5) is 9.18 Å². The zero-order valence-corrected chi connectivity index (χ0v) is 10.8. The van der Waals surface area contributed by atoms with Crippen LogP contribution < -0.4 is 5.32 Å². The number of amides is 2. The molecule has 0 bridgehead atoms. The molecule has 0 atom stereocenters. The third-order valence-corrected chi connectivity index (χ3v) is 3.52. The van der Waals surface area contributed by atoms with Crippen LogP contribution >= 0.6 is 0 Å². The van der Waals surface area contributed by atoms with E-state index in [-0.39, 0.29) is 18.5 Å². The molecule has 1 aromatic carbocycles. The highest BCUT2D eigenvalue weighted by Crippen LogP contribution is 2.16. The van der Waals surface area contributed by atoms with Crippen molar-refractivity contribution in [2.24, 2.45) is 5.92 Å². The molecule has 19 heavy (non-hydrogen) atoms. The maximum Gasteiger partial charge on any atom is 0.317 e. The molecule has 0 radical (unpaired) electrons. The van der Waals surface area contributed by atoms with Crippen molar-refractivity contribution in [2.45, 2.75) is 19.4 Å². The summed E-state index contributed by atoms with van der Waals surface area (Å²) in [6.45, 7) is 1.96. The lowest BCUT2D eigenvalue weighted by molar-refractivity contribution is 0.137. The number of urea groups is 1. The largest absolute Gasteiger partial charge is 0.396 e. The lowest BCUT2D eigenvalue weighted by atomic mass is 9.98. The van der Waals surface area contributed by atoms with Gasteiger partial charge < -0.3 is 15.3 Å². The van der Waals surface area contributed by atoms with Gasteiger partial charge in [0.25, 0.3) is 0 Å². The van der Waals surface area contributed by atoms with Gasteiger partial charge in [0.05, 0.1) is 0 Å². The summed E-state index contributed by atoms with van der Waals surface area (Å²) in [6, 6.07) is 5.99. The Kier molecular flexibility index (Phi) is 4.74. The van der Waals surface area contributed by atoms with E-state index in [0.29, 0.717) is 25.6 Å². The second-order valence-corrected chi connectivity index (χ2v) is 4.90. The molecule has 0 unspecified atom stereocenters. The van der Waals surface area contributed by atoms with Crippen molar-refractivity contribution in [1.82, 2.24) is 10.2 Å². The van der Waals surface area contributed by atoms with Gasteiger partial charge in [-0.25, -0.2) is 9.18 Å². The lowest BCUT2D eigenvalue weighted by Gasteiger charge is -2.31. The van der Waals surface area contributed by atoms with Gasteiger partial charge in [-0.05, 0) is 36.5 Å². The number of nitrogens with one attached hydrogen (secondary N) is 1. The Balaban J connectivity index is 1.77. The maximum absolute atomic E-state index is 12.7. The molecule has 1 aromatic rings. The molecule has 104 valence electrons. The molecule has 5 heteroatoms. The summed E-state index contributed by atoms with van der Waals surface area (Å²) in [5.41, 5.74) is 0.875. The van der Waals surface area contributed by atoms with E-state index in [0.717, 1.165) is 18.4 Å². The van der Waals surface area contributed by atoms with Crippen LogP contribution in [0.1, 0.15) is 18.4 Å². The van der Waals surface area contributed by atoms with Gasteiger partial charge in [0, 0.05) is 26.2 Å². The van der Waals surface area contributed by atoms with Crippen molar-refractivity contribution >= 4 is 6.03 Å². The number of halogens is 1. The summed E-state index contributed by atoms with van der Waals surface area (Å²) in [7, 11) is 0. The monoisotopic (exact) mass is 266 g/mol. The topological polar surface area (TPSA) is 52.6 Å². The van der Waals surface area contributed by atoms with Crippen LogP contribution in [0.2, 0.25) is 0 Å². The minimum absolute atomic E-state index is 0.0966. The summed E-state index contributed by atoms with van der Waals surface area (Å²) in [5.74, 6) is 0.0438. The van der Waals surface area contributed by atoms with E-state index in [2.05, 4.69) is 5.32 Å². The Morgan fingerprint density at radius 3 is 2.53 bits per heavy atom. The van der Waals surface area contributed by atoms with E-state index in [9.17, 15) is 9.18 Å². The summed E-state index contributed by atoms with van der Waals surface area (Å²) in [5, 5.41) is 11.9. The maximum atomic E-state index is 12.7. The van der Waals surface area contributed by atoms with Crippen LogP contribution in [0, 0.1) is 11.7 Å². The number of likely N-dealkylation sites (tertiary alicyclic amines) is 1. The van der Waals surface area contributed by atoms with Crippen LogP contribution in [0.5, 0.6) is 0 Å². The molecular formula is C14H19FN2O2. The van der Waals surface area contributed by atoms with Crippen molar-refractivity contribution in [3.8, 4) is 0 Å². The van der Waals surface area contributed by atoms with Gasteiger partial charge in [-0.3, -0.25) is 0 Å².